The van der Waals surface area contributed by atoms with E-state index in [1.807, 2.05) is 6.92 Å². The summed E-state index contributed by atoms with van der Waals surface area (Å²) in [5, 5.41) is 8.74. The monoisotopic (exact) mass is 589 g/mol. The van der Waals surface area contributed by atoms with Crippen molar-refractivity contribution in [3.8, 4) is 33.8 Å². The van der Waals surface area contributed by atoms with Gasteiger partial charge in [-0.05, 0) is 44.0 Å². The van der Waals surface area contributed by atoms with Crippen LogP contribution in [-0.4, -0.2) is 38.8 Å². The third kappa shape index (κ3) is 5.10. The summed E-state index contributed by atoms with van der Waals surface area (Å²) < 4.78 is 57.4. The van der Waals surface area contributed by atoms with Crippen LogP contribution in [0.15, 0.2) is 53.6 Å². The molecular formula is C28H31ClF3N5O2Si. The molecule has 3 aromatic heterocycles. The zero-order chi connectivity index (χ0) is 29.1. The first-order valence-electron chi connectivity index (χ1n) is 13.0. The van der Waals surface area contributed by atoms with Crippen LogP contribution in [-0.2, 0) is 10.6 Å². The molecule has 7 nitrogen and oxygen atoms in total. The minimum absolute atomic E-state index is 0.0144. The van der Waals surface area contributed by atoms with E-state index in [1.165, 1.54) is 24.8 Å². The van der Waals surface area contributed by atoms with Gasteiger partial charge in [-0.3, -0.25) is 14.6 Å². The Labute approximate surface area is 236 Å². The maximum absolute atomic E-state index is 14.7. The summed E-state index contributed by atoms with van der Waals surface area (Å²) in [6.07, 6.45) is 1.69. The van der Waals surface area contributed by atoms with Crippen molar-refractivity contribution in [2.75, 3.05) is 0 Å². The predicted octanol–water partition coefficient (Wildman–Crippen LogP) is 8.45. The molecule has 0 saturated heterocycles. The molecule has 0 spiro atoms. The molecule has 1 aliphatic carbocycles. The van der Waals surface area contributed by atoms with Crippen molar-refractivity contribution < 1.29 is 22.1 Å². The maximum Gasteiger partial charge on any atom is 0.433 e. The average molecular weight is 590 g/mol. The van der Waals surface area contributed by atoms with Gasteiger partial charge in [0.05, 0.1) is 45.9 Å². The lowest BCUT2D eigenvalue weighted by Crippen LogP contribution is -2.54. The van der Waals surface area contributed by atoms with Crippen LogP contribution in [0.25, 0.3) is 33.8 Å². The second-order valence-electron chi connectivity index (χ2n) is 12.0. The van der Waals surface area contributed by atoms with Crippen molar-refractivity contribution in [2.24, 2.45) is 0 Å². The lowest BCUT2D eigenvalue weighted by Gasteiger charge is -2.52. The van der Waals surface area contributed by atoms with Gasteiger partial charge < -0.3 is 8.95 Å². The summed E-state index contributed by atoms with van der Waals surface area (Å²) in [5.74, 6) is -0.103. The molecule has 0 N–H and O–H groups in total. The molecule has 5 rings (SSSR count). The van der Waals surface area contributed by atoms with Gasteiger partial charge >= 0.3 is 6.18 Å². The van der Waals surface area contributed by atoms with Crippen LogP contribution in [0.4, 0.5) is 13.2 Å². The highest BCUT2D eigenvalue weighted by molar-refractivity contribution is 6.74. The lowest BCUT2D eigenvalue weighted by molar-refractivity contribution is -0.148. The van der Waals surface area contributed by atoms with Gasteiger partial charge in [0.15, 0.2) is 19.8 Å². The third-order valence-corrected chi connectivity index (χ3v) is 12.9. The van der Waals surface area contributed by atoms with E-state index in [2.05, 4.69) is 54.1 Å². The number of hydrogen-bond donors (Lipinski definition) is 0. The van der Waals surface area contributed by atoms with Crippen LogP contribution in [0.5, 0.6) is 0 Å². The summed E-state index contributed by atoms with van der Waals surface area (Å²) in [4.78, 5) is 8.43. The van der Waals surface area contributed by atoms with Crippen LogP contribution >= 0.6 is 11.6 Å². The van der Waals surface area contributed by atoms with Gasteiger partial charge in [0.1, 0.15) is 5.69 Å². The normalized spacial score (nSPS) is 20.0. The molecule has 212 valence electrons. The maximum atomic E-state index is 14.7. The van der Waals surface area contributed by atoms with Crippen LogP contribution in [0.1, 0.15) is 52.3 Å². The summed E-state index contributed by atoms with van der Waals surface area (Å²) in [6.45, 7) is 12.7. The van der Waals surface area contributed by atoms with Crippen molar-refractivity contribution in [3.05, 3.63) is 59.8 Å². The summed E-state index contributed by atoms with van der Waals surface area (Å²) in [7, 11) is -2.12. The van der Waals surface area contributed by atoms with Crippen LogP contribution < -0.4 is 0 Å². The fraction of sp³-hybridized carbons (Fsp3) is 0.429. The molecule has 3 heterocycles. The molecule has 0 unspecified atom stereocenters. The SMILES string of the molecule is CC1(O[Si](C)(C)C(C)(C)C)CC(n2ncc(-c3onc(-c4ccccc4Cl)c3-c3cnccn3)c2C(F)(F)F)C1. The van der Waals surface area contributed by atoms with Crippen molar-refractivity contribution in [2.45, 2.75) is 76.5 Å². The quantitative estimate of drug-likeness (QED) is 0.210. The minimum Gasteiger partial charge on any atom is -0.411 e. The standard InChI is InChI=1S/C28H31ClF3N5O2Si/c1-26(2,3)40(5,6)39-27(4)13-17(14-27)37-25(28(30,31)32)19(15-35-37)24-22(21-16-33-11-12-34-21)23(36-38-24)18-9-7-8-10-20(18)29/h7-12,15-17H,13-14H2,1-6H3. The van der Waals surface area contributed by atoms with Gasteiger partial charge in [0.25, 0.3) is 0 Å². The van der Waals surface area contributed by atoms with E-state index >= 15 is 0 Å². The van der Waals surface area contributed by atoms with E-state index in [-0.39, 0.29) is 27.6 Å². The largest absolute Gasteiger partial charge is 0.433 e. The lowest BCUT2D eigenvalue weighted by atomic mass is 9.77. The minimum atomic E-state index is -4.71. The van der Waals surface area contributed by atoms with E-state index in [9.17, 15) is 13.2 Å². The highest BCUT2D eigenvalue weighted by Crippen LogP contribution is 2.52. The van der Waals surface area contributed by atoms with Crippen LogP contribution in [0, 0.1) is 0 Å². The molecule has 0 bridgehead atoms. The Hall–Kier alpha value is -3.02. The van der Waals surface area contributed by atoms with Crippen molar-refractivity contribution in [1.29, 1.82) is 0 Å². The molecule has 12 heteroatoms. The zero-order valence-electron chi connectivity index (χ0n) is 23.2. The topological polar surface area (TPSA) is 78.9 Å². The van der Waals surface area contributed by atoms with E-state index in [1.54, 1.807) is 24.3 Å². The Kier molecular flexibility index (Phi) is 6.99. The number of halogens is 4. The molecular weight excluding hydrogens is 559 g/mol. The second-order valence-corrected chi connectivity index (χ2v) is 17.2. The van der Waals surface area contributed by atoms with E-state index in [4.69, 9.17) is 20.6 Å². The predicted molar refractivity (Wildman–Crippen MR) is 149 cm³/mol. The fourth-order valence-corrected chi connectivity index (χ4v) is 6.96. The van der Waals surface area contributed by atoms with Gasteiger partial charge in [-0.25, -0.2) is 0 Å². The molecule has 0 aliphatic heterocycles. The molecule has 1 fully saturated rings. The molecule has 0 atom stereocenters. The smallest absolute Gasteiger partial charge is 0.411 e. The zero-order valence-corrected chi connectivity index (χ0v) is 24.9. The number of alkyl halides is 3. The summed E-state index contributed by atoms with van der Waals surface area (Å²) >= 11 is 6.43. The third-order valence-electron chi connectivity index (χ3n) is 7.94. The first-order chi connectivity index (χ1) is 18.6. The Morgan fingerprint density at radius 1 is 1.07 bits per heavy atom. The first-order valence-corrected chi connectivity index (χ1v) is 16.3. The number of aromatic nitrogens is 5. The van der Waals surface area contributed by atoms with Crippen molar-refractivity contribution in [3.63, 3.8) is 0 Å². The molecule has 1 aliphatic rings. The summed E-state index contributed by atoms with van der Waals surface area (Å²) in [6, 6.07) is 6.42. The number of rotatable bonds is 6. The fourth-order valence-electron chi connectivity index (χ4n) is 5.03. The summed E-state index contributed by atoms with van der Waals surface area (Å²) in [5.41, 5.74) is -0.327. The molecule has 0 radical (unpaired) electrons. The van der Waals surface area contributed by atoms with Gasteiger partial charge in [-0.2, -0.15) is 18.3 Å². The number of hydrogen-bond acceptors (Lipinski definition) is 6. The Bertz CT molecular complexity index is 1520. The van der Waals surface area contributed by atoms with Gasteiger partial charge in [-0.1, -0.05) is 55.7 Å². The Balaban J connectivity index is 1.58. The second kappa shape index (κ2) is 9.81. The molecule has 0 amide bonds. The molecule has 1 saturated carbocycles. The average Bonchev–Trinajstić information content (AvgIpc) is 3.47. The van der Waals surface area contributed by atoms with Crippen molar-refractivity contribution >= 4 is 19.9 Å². The molecule has 1 aromatic carbocycles. The van der Waals surface area contributed by atoms with Crippen LogP contribution in [0.3, 0.4) is 0 Å². The molecule has 4 aromatic rings. The van der Waals surface area contributed by atoms with E-state index < -0.39 is 31.8 Å². The van der Waals surface area contributed by atoms with Gasteiger partial charge in [-0.15, -0.1) is 0 Å². The van der Waals surface area contributed by atoms with Crippen LogP contribution in [0.2, 0.25) is 23.2 Å². The molecule has 40 heavy (non-hydrogen) atoms. The van der Waals surface area contributed by atoms with E-state index in [0.29, 0.717) is 29.1 Å². The van der Waals surface area contributed by atoms with E-state index in [0.717, 1.165) is 4.68 Å². The Morgan fingerprint density at radius 3 is 2.38 bits per heavy atom. The van der Waals surface area contributed by atoms with Gasteiger partial charge in [0, 0.05) is 18.0 Å². The number of benzene rings is 1. The highest BCUT2D eigenvalue weighted by atomic mass is 35.5. The van der Waals surface area contributed by atoms with Crippen molar-refractivity contribution in [1.82, 2.24) is 24.9 Å². The highest BCUT2D eigenvalue weighted by Gasteiger charge is 2.52. The Morgan fingerprint density at radius 2 is 1.77 bits per heavy atom. The van der Waals surface area contributed by atoms with Gasteiger partial charge in [0.2, 0.25) is 0 Å². The first kappa shape index (κ1) is 28.5. The number of nitrogens with zero attached hydrogens (tertiary/aromatic N) is 5.